The van der Waals surface area contributed by atoms with Gasteiger partial charge in [-0.2, -0.15) is 0 Å². The van der Waals surface area contributed by atoms with Gasteiger partial charge in [0.15, 0.2) is 17.5 Å². The summed E-state index contributed by atoms with van der Waals surface area (Å²) >= 11 is 0. The van der Waals surface area contributed by atoms with Gasteiger partial charge in [-0.3, -0.25) is 0 Å². The van der Waals surface area contributed by atoms with Crippen molar-refractivity contribution in [1.29, 1.82) is 0 Å². The smallest absolute Gasteiger partial charge is 0.165 e. The van der Waals surface area contributed by atoms with Gasteiger partial charge in [-0.1, -0.05) is 194 Å². The molecule has 4 nitrogen and oxygen atoms in total. The van der Waals surface area contributed by atoms with E-state index in [0.717, 1.165) is 65.7 Å². The Morgan fingerprint density at radius 1 is 0.254 bits per heavy atom. The predicted molar refractivity (Wildman–Crippen MR) is 262 cm³/mol. The van der Waals surface area contributed by atoms with Gasteiger partial charge in [0.1, 0.15) is 11.2 Å². The second-order valence-corrected chi connectivity index (χ2v) is 16.2. The van der Waals surface area contributed by atoms with Gasteiger partial charge in [0.05, 0.1) is 0 Å². The van der Waals surface area contributed by atoms with Crippen LogP contribution in [0.25, 0.3) is 132 Å². The summed E-state index contributed by atoms with van der Waals surface area (Å²) in [4.78, 5) is 15.6. The third-order valence-electron chi connectivity index (χ3n) is 12.7. The van der Waals surface area contributed by atoms with E-state index in [1.807, 2.05) is 36.4 Å². The van der Waals surface area contributed by atoms with E-state index in [2.05, 4.69) is 176 Å². The van der Waals surface area contributed by atoms with Crippen LogP contribution in [0.3, 0.4) is 0 Å². The van der Waals surface area contributed by atoms with Crippen LogP contribution in [-0.2, 0) is 0 Å². The average Bonchev–Trinajstić information content (AvgIpc) is 3.74. The largest absolute Gasteiger partial charge is 0.456 e. The zero-order valence-corrected chi connectivity index (χ0v) is 34.0. The van der Waals surface area contributed by atoms with Gasteiger partial charge in [0.25, 0.3) is 0 Å². The Hall–Kier alpha value is -8.47. The Morgan fingerprint density at radius 3 is 1.16 bits per heavy atom. The predicted octanol–water partition coefficient (Wildman–Crippen LogP) is 15.9. The number of hydrogen-bond donors (Lipinski definition) is 0. The van der Waals surface area contributed by atoms with E-state index in [1.165, 1.54) is 49.0 Å². The lowest BCUT2D eigenvalue weighted by atomic mass is 9.81. The molecule has 4 heteroatoms. The minimum atomic E-state index is 0.638. The lowest BCUT2D eigenvalue weighted by Crippen LogP contribution is -2.01. The molecule has 13 aromatic rings. The first kappa shape index (κ1) is 35.3. The number of benzene rings is 11. The zero-order chi connectivity index (χ0) is 41.4. The number of aromatic nitrogens is 3. The number of fused-ring (bicyclic) bond motifs is 9. The summed E-state index contributed by atoms with van der Waals surface area (Å²) in [5.41, 5.74) is 9.41. The third-order valence-corrected chi connectivity index (χ3v) is 12.7. The molecule has 0 aliphatic carbocycles. The fourth-order valence-corrected chi connectivity index (χ4v) is 9.97. The number of nitrogens with zero attached hydrogens (tertiary/aromatic N) is 3. The normalized spacial score (nSPS) is 11.8. The molecule has 0 bridgehead atoms. The van der Waals surface area contributed by atoms with Crippen molar-refractivity contribution >= 4 is 75.8 Å². The van der Waals surface area contributed by atoms with E-state index < -0.39 is 0 Å². The van der Waals surface area contributed by atoms with Crippen molar-refractivity contribution in [2.24, 2.45) is 0 Å². The molecule has 0 saturated carbocycles. The molecule has 0 radical (unpaired) electrons. The van der Waals surface area contributed by atoms with E-state index in [-0.39, 0.29) is 0 Å². The maximum Gasteiger partial charge on any atom is 0.165 e. The van der Waals surface area contributed by atoms with Crippen molar-refractivity contribution in [3.05, 3.63) is 212 Å². The molecule has 0 unspecified atom stereocenters. The Bertz CT molecular complexity index is 3800. The van der Waals surface area contributed by atoms with Gasteiger partial charge in [-0.15, -0.1) is 0 Å². The molecule has 292 valence electrons. The van der Waals surface area contributed by atoms with Crippen LogP contribution in [0.4, 0.5) is 0 Å². The highest BCUT2D eigenvalue weighted by molar-refractivity contribution is 6.30. The average molecular weight is 802 g/mol. The van der Waals surface area contributed by atoms with Crippen LogP contribution in [0.15, 0.2) is 217 Å². The summed E-state index contributed by atoms with van der Waals surface area (Å²) < 4.78 is 6.47. The molecule has 0 N–H and O–H groups in total. The van der Waals surface area contributed by atoms with Crippen LogP contribution >= 0.6 is 0 Å². The van der Waals surface area contributed by atoms with Crippen LogP contribution in [0.5, 0.6) is 0 Å². The van der Waals surface area contributed by atoms with Crippen molar-refractivity contribution in [3.8, 4) is 56.4 Å². The Morgan fingerprint density at radius 2 is 0.651 bits per heavy atom. The number of furan rings is 1. The monoisotopic (exact) mass is 801 g/mol. The molecular weight excluding hydrogens is 767 g/mol. The molecule has 0 spiro atoms. The van der Waals surface area contributed by atoms with Gasteiger partial charge in [0, 0.05) is 27.5 Å². The SMILES string of the molecule is c1ccc(-c2nc(-c3ccccc3)nc(-c3c4ccccc4c(-c4c5ccccc5c(-c5ccc6oc7ccc8ccccc8c7c6c5)c5ccccc45)c4ccccc34)n2)cc1. The fourth-order valence-electron chi connectivity index (χ4n) is 9.97. The van der Waals surface area contributed by atoms with Gasteiger partial charge in [-0.25, -0.2) is 15.0 Å². The van der Waals surface area contributed by atoms with Gasteiger partial charge < -0.3 is 4.42 Å². The lowest BCUT2D eigenvalue weighted by molar-refractivity contribution is 0.669. The van der Waals surface area contributed by atoms with Crippen LogP contribution in [0, 0.1) is 0 Å². The summed E-state index contributed by atoms with van der Waals surface area (Å²) in [5.74, 6) is 1.92. The Labute approximate surface area is 362 Å². The van der Waals surface area contributed by atoms with Crippen molar-refractivity contribution in [1.82, 2.24) is 15.0 Å². The molecule has 11 aromatic carbocycles. The highest BCUT2D eigenvalue weighted by Gasteiger charge is 2.24. The molecule has 0 atom stereocenters. The second kappa shape index (κ2) is 14.1. The van der Waals surface area contributed by atoms with Crippen molar-refractivity contribution in [3.63, 3.8) is 0 Å². The first-order valence-electron chi connectivity index (χ1n) is 21.4. The van der Waals surface area contributed by atoms with E-state index in [0.29, 0.717) is 17.5 Å². The topological polar surface area (TPSA) is 51.8 Å². The lowest BCUT2D eigenvalue weighted by Gasteiger charge is -2.22. The Balaban J connectivity index is 1.11. The summed E-state index contributed by atoms with van der Waals surface area (Å²) in [6.07, 6.45) is 0. The maximum atomic E-state index is 6.47. The van der Waals surface area contributed by atoms with Crippen LogP contribution < -0.4 is 0 Å². The van der Waals surface area contributed by atoms with Gasteiger partial charge in [-0.05, 0) is 94.3 Å². The van der Waals surface area contributed by atoms with Crippen molar-refractivity contribution < 1.29 is 4.42 Å². The van der Waals surface area contributed by atoms with E-state index in [4.69, 9.17) is 19.4 Å². The Kier molecular flexibility index (Phi) is 7.87. The third kappa shape index (κ3) is 5.52. The minimum absolute atomic E-state index is 0.638. The summed E-state index contributed by atoms with van der Waals surface area (Å²) in [6, 6.07) is 75.3. The van der Waals surface area contributed by atoms with Crippen molar-refractivity contribution in [2.75, 3.05) is 0 Å². The first-order chi connectivity index (χ1) is 31.3. The number of rotatable bonds is 5. The maximum absolute atomic E-state index is 6.47. The van der Waals surface area contributed by atoms with Crippen LogP contribution in [0.2, 0.25) is 0 Å². The van der Waals surface area contributed by atoms with Gasteiger partial charge >= 0.3 is 0 Å². The molecule has 0 amide bonds. The number of hydrogen-bond acceptors (Lipinski definition) is 4. The standard InChI is InChI=1S/C59H35N3O/c1-3-18-37(19-4-1)57-60-58(38-20-5-2-6-21-38)62-59(61-57)56-47-29-15-13-27-45(47)55(46-28-14-16-30-48(46)56)54-43-25-11-9-23-41(43)52(42-24-10-12-26-44(42)54)39-32-33-50-49(35-39)53-40-22-8-7-17-36(40)31-34-51(53)63-50/h1-35H. The molecule has 0 saturated heterocycles. The van der Waals surface area contributed by atoms with Crippen LogP contribution in [0.1, 0.15) is 0 Å². The molecule has 63 heavy (non-hydrogen) atoms. The van der Waals surface area contributed by atoms with Gasteiger partial charge in [0.2, 0.25) is 0 Å². The van der Waals surface area contributed by atoms with Crippen LogP contribution in [-0.4, -0.2) is 15.0 Å². The van der Waals surface area contributed by atoms with E-state index >= 15 is 0 Å². The second-order valence-electron chi connectivity index (χ2n) is 16.2. The van der Waals surface area contributed by atoms with Crippen molar-refractivity contribution in [2.45, 2.75) is 0 Å². The molecule has 0 fully saturated rings. The molecule has 0 aliphatic rings. The minimum Gasteiger partial charge on any atom is -0.456 e. The van der Waals surface area contributed by atoms with E-state index in [9.17, 15) is 0 Å². The van der Waals surface area contributed by atoms with E-state index in [1.54, 1.807) is 0 Å². The summed E-state index contributed by atoms with van der Waals surface area (Å²) in [5, 5.41) is 13.9. The molecule has 13 rings (SSSR count). The zero-order valence-electron chi connectivity index (χ0n) is 34.0. The fraction of sp³-hybridized carbons (Fsp3) is 0. The molecule has 2 aromatic heterocycles. The highest BCUT2D eigenvalue weighted by Crippen LogP contribution is 2.50. The quantitative estimate of drug-likeness (QED) is 0.163. The highest BCUT2D eigenvalue weighted by atomic mass is 16.3. The molecule has 2 heterocycles. The summed E-state index contributed by atoms with van der Waals surface area (Å²) in [6.45, 7) is 0. The molecule has 0 aliphatic heterocycles. The molecular formula is C59H35N3O. The first-order valence-corrected chi connectivity index (χ1v) is 21.4. The summed E-state index contributed by atoms with van der Waals surface area (Å²) in [7, 11) is 0.